The van der Waals surface area contributed by atoms with Gasteiger partial charge in [-0.15, -0.1) is 22.7 Å². The summed E-state index contributed by atoms with van der Waals surface area (Å²) in [5.74, 6) is -0.341. The first-order valence-corrected chi connectivity index (χ1v) is 11.4. The van der Waals surface area contributed by atoms with Crippen LogP contribution < -0.4 is 20.9 Å². The Morgan fingerprint density at radius 2 is 2.03 bits per heavy atom. The monoisotopic (exact) mass is 468 g/mol. The first kappa shape index (κ1) is 21.7. The summed E-state index contributed by atoms with van der Waals surface area (Å²) in [6.45, 7) is 1.43. The van der Waals surface area contributed by atoms with Gasteiger partial charge in [-0.25, -0.2) is 4.98 Å². The summed E-state index contributed by atoms with van der Waals surface area (Å²) in [5, 5.41) is 9.60. The van der Waals surface area contributed by atoms with E-state index in [2.05, 4.69) is 15.6 Å². The highest BCUT2D eigenvalue weighted by Gasteiger charge is 2.16. The second-order valence-corrected chi connectivity index (χ2v) is 8.82. The number of aryl methyl sites for hydroxylation is 1. The molecule has 0 aliphatic heterocycles. The van der Waals surface area contributed by atoms with Crippen LogP contribution in [0.3, 0.4) is 0 Å². The number of methoxy groups -OCH3 is 1. The Morgan fingerprint density at radius 1 is 1.19 bits per heavy atom. The van der Waals surface area contributed by atoms with E-state index in [1.807, 2.05) is 35.9 Å². The first-order chi connectivity index (χ1) is 15.5. The molecule has 0 spiro atoms. The minimum Gasteiger partial charge on any atom is -0.495 e. The number of fused-ring (bicyclic) bond motifs is 1. The lowest BCUT2D eigenvalue weighted by atomic mass is 10.2. The zero-order valence-corrected chi connectivity index (χ0v) is 19.0. The van der Waals surface area contributed by atoms with Crippen molar-refractivity contribution in [3.8, 4) is 16.2 Å². The van der Waals surface area contributed by atoms with Gasteiger partial charge in [0.05, 0.1) is 31.1 Å². The topological polar surface area (TPSA) is 102 Å². The van der Waals surface area contributed by atoms with Crippen LogP contribution in [-0.2, 0) is 16.1 Å². The summed E-state index contributed by atoms with van der Waals surface area (Å²) in [6.07, 6.45) is 1.36. The molecular weight excluding hydrogens is 448 g/mol. The fourth-order valence-electron chi connectivity index (χ4n) is 3.20. The highest BCUT2D eigenvalue weighted by Crippen LogP contribution is 2.33. The van der Waals surface area contributed by atoms with E-state index in [-0.39, 0.29) is 18.6 Å². The number of nitrogens with zero attached hydrogens (tertiary/aromatic N) is 2. The average Bonchev–Trinajstić information content (AvgIpc) is 3.44. The van der Waals surface area contributed by atoms with Crippen LogP contribution >= 0.6 is 22.7 Å². The fourth-order valence-corrected chi connectivity index (χ4v) is 4.92. The van der Waals surface area contributed by atoms with Crippen molar-refractivity contribution < 1.29 is 14.3 Å². The van der Waals surface area contributed by atoms with E-state index in [0.29, 0.717) is 21.7 Å². The molecule has 2 amide bonds. The van der Waals surface area contributed by atoms with Crippen LogP contribution in [0.5, 0.6) is 5.75 Å². The lowest BCUT2D eigenvalue weighted by molar-refractivity contribution is -0.124. The molecule has 10 heteroatoms. The summed E-state index contributed by atoms with van der Waals surface area (Å²) >= 11 is 2.93. The Hall–Kier alpha value is -3.50. The second kappa shape index (κ2) is 9.33. The Balaban J connectivity index is 1.43. The van der Waals surface area contributed by atoms with E-state index in [9.17, 15) is 14.4 Å². The van der Waals surface area contributed by atoms with Gasteiger partial charge in [0.25, 0.3) is 5.56 Å². The van der Waals surface area contributed by atoms with Crippen LogP contribution in [0.15, 0.2) is 52.2 Å². The molecule has 4 rings (SSSR count). The molecule has 1 aromatic carbocycles. The number of benzene rings is 1. The second-order valence-electron chi connectivity index (χ2n) is 7.01. The molecule has 0 aliphatic rings. The van der Waals surface area contributed by atoms with Gasteiger partial charge in [0.15, 0.2) is 0 Å². The predicted molar refractivity (Wildman–Crippen MR) is 127 cm³/mol. The standard InChI is InChI=1S/C22H20N4O4S2/c1-13-5-6-16(30-2)15(8-13)25-18(27)9-23-19(28)10-26-12-24-21-20(22(26)29)14(11-32-21)17-4-3-7-31-17/h3-8,11-12H,9-10H2,1-2H3,(H,23,28)(H,25,27). The van der Waals surface area contributed by atoms with Gasteiger partial charge >= 0.3 is 0 Å². The van der Waals surface area contributed by atoms with Gasteiger partial charge in [0.2, 0.25) is 11.8 Å². The molecule has 0 saturated heterocycles. The summed E-state index contributed by atoms with van der Waals surface area (Å²) < 4.78 is 6.49. The maximum atomic E-state index is 13.0. The highest BCUT2D eigenvalue weighted by atomic mass is 32.1. The molecule has 164 valence electrons. The van der Waals surface area contributed by atoms with E-state index < -0.39 is 11.8 Å². The summed E-state index contributed by atoms with van der Waals surface area (Å²) in [7, 11) is 1.52. The quantitative estimate of drug-likeness (QED) is 0.433. The molecule has 3 aromatic heterocycles. The van der Waals surface area contributed by atoms with Crippen molar-refractivity contribution in [3.05, 3.63) is 63.3 Å². The number of carbonyl (C=O) groups excluding carboxylic acids is 2. The van der Waals surface area contributed by atoms with E-state index >= 15 is 0 Å². The van der Waals surface area contributed by atoms with Crippen LogP contribution in [-0.4, -0.2) is 35.0 Å². The van der Waals surface area contributed by atoms with Crippen molar-refractivity contribution in [2.75, 3.05) is 19.0 Å². The van der Waals surface area contributed by atoms with Crippen LogP contribution in [0.4, 0.5) is 5.69 Å². The molecule has 32 heavy (non-hydrogen) atoms. The van der Waals surface area contributed by atoms with E-state index in [1.165, 1.54) is 40.7 Å². The van der Waals surface area contributed by atoms with Crippen molar-refractivity contribution in [2.45, 2.75) is 13.5 Å². The molecule has 0 fully saturated rings. The number of thiophene rings is 2. The SMILES string of the molecule is COc1ccc(C)cc1NC(=O)CNC(=O)Cn1cnc2scc(-c3cccs3)c2c1=O. The lowest BCUT2D eigenvalue weighted by Gasteiger charge is -2.12. The van der Waals surface area contributed by atoms with Crippen molar-refractivity contribution in [2.24, 2.45) is 0 Å². The molecular formula is C22H20N4O4S2. The van der Waals surface area contributed by atoms with Gasteiger partial charge in [-0.1, -0.05) is 12.1 Å². The number of hydrogen-bond acceptors (Lipinski definition) is 7. The molecule has 0 saturated carbocycles. The third-order valence-electron chi connectivity index (χ3n) is 4.74. The molecule has 2 N–H and O–H groups in total. The molecule has 0 bridgehead atoms. The number of anilines is 1. The molecule has 0 aliphatic carbocycles. The molecule has 8 nitrogen and oxygen atoms in total. The zero-order valence-electron chi connectivity index (χ0n) is 17.4. The minimum atomic E-state index is -0.465. The normalized spacial score (nSPS) is 10.8. The number of rotatable bonds is 7. The highest BCUT2D eigenvalue weighted by molar-refractivity contribution is 7.18. The predicted octanol–water partition coefficient (Wildman–Crippen LogP) is 3.26. The van der Waals surface area contributed by atoms with Gasteiger partial charge in [0, 0.05) is 15.8 Å². The lowest BCUT2D eigenvalue weighted by Crippen LogP contribution is -2.37. The number of hydrogen-bond donors (Lipinski definition) is 2. The average molecular weight is 469 g/mol. The summed E-state index contributed by atoms with van der Waals surface area (Å²) in [4.78, 5) is 43.6. The Labute approximate surface area is 191 Å². The molecule has 0 radical (unpaired) electrons. The van der Waals surface area contributed by atoms with Gasteiger partial charge in [-0.2, -0.15) is 0 Å². The van der Waals surface area contributed by atoms with Crippen LogP contribution in [0, 0.1) is 6.92 Å². The fraction of sp³-hybridized carbons (Fsp3) is 0.182. The molecule has 3 heterocycles. The summed E-state index contributed by atoms with van der Waals surface area (Å²) in [6, 6.07) is 9.27. The Bertz CT molecular complexity index is 1340. The third-order valence-corrected chi connectivity index (χ3v) is 6.53. The van der Waals surface area contributed by atoms with Gasteiger partial charge in [-0.05, 0) is 36.1 Å². The van der Waals surface area contributed by atoms with Gasteiger partial charge in [-0.3, -0.25) is 19.0 Å². The van der Waals surface area contributed by atoms with Crippen LogP contribution in [0.2, 0.25) is 0 Å². The number of carbonyl (C=O) groups is 2. The molecule has 0 atom stereocenters. The maximum absolute atomic E-state index is 13.0. The number of amides is 2. The van der Waals surface area contributed by atoms with E-state index in [4.69, 9.17) is 4.74 Å². The number of ether oxygens (including phenoxy) is 1. The number of nitrogens with one attached hydrogen (secondary N) is 2. The zero-order chi connectivity index (χ0) is 22.7. The van der Waals surface area contributed by atoms with Crippen molar-refractivity contribution in [1.82, 2.24) is 14.9 Å². The van der Waals surface area contributed by atoms with E-state index in [1.54, 1.807) is 12.1 Å². The smallest absolute Gasteiger partial charge is 0.263 e. The van der Waals surface area contributed by atoms with Gasteiger partial charge < -0.3 is 15.4 Å². The first-order valence-electron chi connectivity index (χ1n) is 9.68. The minimum absolute atomic E-state index is 0.234. The third kappa shape index (κ3) is 4.56. The maximum Gasteiger partial charge on any atom is 0.263 e. The molecule has 0 unspecified atom stereocenters. The largest absolute Gasteiger partial charge is 0.495 e. The summed E-state index contributed by atoms with van der Waals surface area (Å²) in [5.41, 5.74) is 2.02. The Morgan fingerprint density at radius 3 is 2.78 bits per heavy atom. The van der Waals surface area contributed by atoms with Gasteiger partial charge in [0.1, 0.15) is 17.1 Å². The van der Waals surface area contributed by atoms with Crippen molar-refractivity contribution in [1.29, 1.82) is 0 Å². The van der Waals surface area contributed by atoms with E-state index in [0.717, 1.165) is 16.0 Å². The number of aromatic nitrogens is 2. The molecule has 4 aromatic rings. The van der Waals surface area contributed by atoms with Crippen LogP contribution in [0.25, 0.3) is 20.7 Å². The van der Waals surface area contributed by atoms with Crippen LogP contribution in [0.1, 0.15) is 5.56 Å². The van der Waals surface area contributed by atoms with Crippen molar-refractivity contribution in [3.63, 3.8) is 0 Å². The Kier molecular flexibility index (Phi) is 6.33. The van der Waals surface area contributed by atoms with Crippen molar-refractivity contribution >= 4 is 50.4 Å².